The summed E-state index contributed by atoms with van der Waals surface area (Å²) in [6.07, 6.45) is -5.91. The number of hydrogen-bond acceptors (Lipinski definition) is 1. The molecule has 0 aliphatic carbocycles. The van der Waals surface area contributed by atoms with Crippen LogP contribution in [0, 0.1) is 11.6 Å². The summed E-state index contributed by atoms with van der Waals surface area (Å²) < 4.78 is 63.7. The van der Waals surface area contributed by atoms with Gasteiger partial charge in [0.2, 0.25) is 0 Å². The number of alkyl halides is 3. The number of aliphatic hydroxyl groups is 1. The van der Waals surface area contributed by atoms with E-state index < -0.39 is 29.5 Å². The smallest absolute Gasteiger partial charge is 0.388 e. The number of aliphatic hydroxyl groups excluding tert-OH is 1. The van der Waals surface area contributed by atoms with Gasteiger partial charge in [0, 0.05) is 6.42 Å². The second kappa shape index (κ2) is 5.81. The van der Waals surface area contributed by atoms with Gasteiger partial charge < -0.3 is 5.11 Å². The first kappa shape index (κ1) is 15.4. The molecule has 1 N–H and O–H groups in total. The largest absolute Gasteiger partial charge is 0.416 e. The van der Waals surface area contributed by atoms with Gasteiger partial charge in [0.05, 0.1) is 11.7 Å². The standard InChI is InChI=1S/C15H11F5O/c16-12-3-1-2-10(14(12)17)8-13(21)9-4-6-11(7-5-9)15(18,19)20/h1-7,13,21H,8H2. The quantitative estimate of drug-likeness (QED) is 0.840. The normalized spacial score (nSPS) is 13.2. The van der Waals surface area contributed by atoms with Gasteiger partial charge in [0.15, 0.2) is 11.6 Å². The van der Waals surface area contributed by atoms with Crippen LogP contribution in [-0.4, -0.2) is 5.11 Å². The van der Waals surface area contributed by atoms with Crippen LogP contribution in [0.2, 0.25) is 0 Å². The Morgan fingerprint density at radius 2 is 1.57 bits per heavy atom. The predicted molar refractivity (Wildman–Crippen MR) is 66.5 cm³/mol. The fourth-order valence-corrected chi connectivity index (χ4v) is 1.93. The van der Waals surface area contributed by atoms with Crippen molar-refractivity contribution >= 4 is 0 Å². The Hall–Kier alpha value is -1.95. The zero-order valence-corrected chi connectivity index (χ0v) is 10.7. The van der Waals surface area contributed by atoms with Crippen LogP contribution in [0.15, 0.2) is 42.5 Å². The SMILES string of the molecule is OC(Cc1cccc(F)c1F)c1ccc(C(F)(F)F)cc1. The van der Waals surface area contributed by atoms with Gasteiger partial charge in [-0.3, -0.25) is 0 Å². The van der Waals surface area contributed by atoms with E-state index in [1.807, 2.05) is 0 Å². The maximum Gasteiger partial charge on any atom is 0.416 e. The molecule has 0 aromatic heterocycles. The Balaban J connectivity index is 2.17. The molecular weight excluding hydrogens is 291 g/mol. The summed E-state index contributed by atoms with van der Waals surface area (Å²) in [5.74, 6) is -2.10. The summed E-state index contributed by atoms with van der Waals surface area (Å²) in [6, 6.07) is 7.46. The van der Waals surface area contributed by atoms with Crippen molar-refractivity contribution in [2.75, 3.05) is 0 Å². The van der Waals surface area contributed by atoms with E-state index in [0.29, 0.717) is 0 Å². The average Bonchev–Trinajstić information content (AvgIpc) is 2.43. The minimum absolute atomic E-state index is 0.0394. The Morgan fingerprint density at radius 1 is 0.952 bits per heavy atom. The first-order valence-corrected chi connectivity index (χ1v) is 6.07. The van der Waals surface area contributed by atoms with Crippen molar-refractivity contribution in [3.8, 4) is 0 Å². The van der Waals surface area contributed by atoms with Gasteiger partial charge in [-0.25, -0.2) is 8.78 Å². The molecule has 2 aromatic carbocycles. The predicted octanol–water partition coefficient (Wildman–Crippen LogP) is 4.26. The molecule has 0 heterocycles. The van der Waals surface area contributed by atoms with Crippen molar-refractivity contribution in [3.63, 3.8) is 0 Å². The fraction of sp³-hybridized carbons (Fsp3) is 0.200. The monoisotopic (exact) mass is 302 g/mol. The van der Waals surface area contributed by atoms with Crippen LogP contribution < -0.4 is 0 Å². The summed E-state index contributed by atoms with van der Waals surface area (Å²) in [4.78, 5) is 0. The molecule has 0 saturated carbocycles. The highest BCUT2D eigenvalue weighted by atomic mass is 19.4. The molecule has 0 bridgehead atoms. The van der Waals surface area contributed by atoms with E-state index >= 15 is 0 Å². The fourth-order valence-electron chi connectivity index (χ4n) is 1.93. The number of rotatable bonds is 3. The molecule has 0 spiro atoms. The zero-order valence-electron chi connectivity index (χ0n) is 10.7. The van der Waals surface area contributed by atoms with Crippen LogP contribution in [0.4, 0.5) is 22.0 Å². The molecule has 1 nitrogen and oxygen atoms in total. The Morgan fingerprint density at radius 3 is 2.14 bits per heavy atom. The molecular formula is C15H11F5O. The summed E-state index contributed by atoms with van der Waals surface area (Å²) in [7, 11) is 0. The van der Waals surface area contributed by atoms with Crippen LogP contribution in [0.5, 0.6) is 0 Å². The molecule has 0 fully saturated rings. The number of hydrogen-bond donors (Lipinski definition) is 1. The number of benzene rings is 2. The van der Waals surface area contributed by atoms with Crippen LogP contribution in [0.1, 0.15) is 22.8 Å². The van der Waals surface area contributed by atoms with Crippen LogP contribution in [-0.2, 0) is 12.6 Å². The minimum Gasteiger partial charge on any atom is -0.388 e. The molecule has 2 aromatic rings. The van der Waals surface area contributed by atoms with Crippen LogP contribution in [0.3, 0.4) is 0 Å². The van der Waals surface area contributed by atoms with Gasteiger partial charge in [-0.2, -0.15) is 13.2 Å². The van der Waals surface area contributed by atoms with Crippen LogP contribution >= 0.6 is 0 Å². The molecule has 1 atom stereocenters. The molecule has 0 radical (unpaired) electrons. The maximum atomic E-state index is 13.5. The molecule has 0 saturated heterocycles. The van der Waals surface area contributed by atoms with Crippen molar-refractivity contribution in [2.24, 2.45) is 0 Å². The van der Waals surface area contributed by atoms with E-state index in [1.54, 1.807) is 0 Å². The lowest BCUT2D eigenvalue weighted by molar-refractivity contribution is -0.137. The van der Waals surface area contributed by atoms with E-state index in [2.05, 4.69) is 0 Å². The Kier molecular flexibility index (Phi) is 4.27. The summed E-state index contributed by atoms with van der Waals surface area (Å²) in [6.45, 7) is 0. The van der Waals surface area contributed by atoms with Crippen molar-refractivity contribution in [3.05, 3.63) is 70.8 Å². The third kappa shape index (κ3) is 3.58. The first-order chi connectivity index (χ1) is 9.79. The molecule has 0 aliphatic rings. The van der Waals surface area contributed by atoms with E-state index in [4.69, 9.17) is 0 Å². The van der Waals surface area contributed by atoms with Gasteiger partial charge in [-0.1, -0.05) is 24.3 Å². The summed E-state index contributed by atoms with van der Waals surface area (Å²) in [5, 5.41) is 9.91. The summed E-state index contributed by atoms with van der Waals surface area (Å²) >= 11 is 0. The first-order valence-electron chi connectivity index (χ1n) is 6.07. The van der Waals surface area contributed by atoms with Crippen molar-refractivity contribution in [1.82, 2.24) is 0 Å². The average molecular weight is 302 g/mol. The highest BCUT2D eigenvalue weighted by Crippen LogP contribution is 2.30. The van der Waals surface area contributed by atoms with Gasteiger partial charge >= 0.3 is 6.18 Å². The van der Waals surface area contributed by atoms with Gasteiger partial charge in [0.25, 0.3) is 0 Å². The molecule has 21 heavy (non-hydrogen) atoms. The summed E-state index contributed by atoms with van der Waals surface area (Å²) in [5.41, 5.74) is -0.676. The topological polar surface area (TPSA) is 20.2 Å². The highest BCUT2D eigenvalue weighted by molar-refractivity contribution is 5.28. The van der Waals surface area contributed by atoms with Gasteiger partial charge in [-0.15, -0.1) is 0 Å². The van der Waals surface area contributed by atoms with Crippen LogP contribution in [0.25, 0.3) is 0 Å². The third-order valence-electron chi connectivity index (χ3n) is 3.07. The van der Waals surface area contributed by atoms with Gasteiger partial charge in [0.1, 0.15) is 0 Å². The van der Waals surface area contributed by atoms with E-state index in [0.717, 1.165) is 30.3 Å². The molecule has 1 unspecified atom stereocenters. The van der Waals surface area contributed by atoms with E-state index in [-0.39, 0.29) is 17.5 Å². The lowest BCUT2D eigenvalue weighted by atomic mass is 10.00. The maximum absolute atomic E-state index is 13.5. The molecule has 0 aliphatic heterocycles. The second-order valence-electron chi connectivity index (χ2n) is 4.55. The van der Waals surface area contributed by atoms with E-state index in [9.17, 15) is 27.1 Å². The molecule has 2 rings (SSSR count). The van der Waals surface area contributed by atoms with Crippen molar-refractivity contribution in [2.45, 2.75) is 18.7 Å². The lowest BCUT2D eigenvalue weighted by Gasteiger charge is -2.13. The van der Waals surface area contributed by atoms with Crippen molar-refractivity contribution < 1.29 is 27.1 Å². The Bertz CT molecular complexity index is 619. The second-order valence-corrected chi connectivity index (χ2v) is 4.55. The lowest BCUT2D eigenvalue weighted by Crippen LogP contribution is -2.07. The molecule has 0 amide bonds. The zero-order chi connectivity index (χ0) is 15.6. The molecule has 6 heteroatoms. The van der Waals surface area contributed by atoms with Crippen molar-refractivity contribution in [1.29, 1.82) is 0 Å². The van der Waals surface area contributed by atoms with E-state index in [1.165, 1.54) is 12.1 Å². The third-order valence-corrected chi connectivity index (χ3v) is 3.07. The number of halogens is 5. The molecule has 112 valence electrons. The minimum atomic E-state index is -4.46. The van der Waals surface area contributed by atoms with Gasteiger partial charge in [-0.05, 0) is 29.3 Å². The highest BCUT2D eigenvalue weighted by Gasteiger charge is 2.30. The Labute approximate surface area is 117 Å².